The minimum atomic E-state index is -0.526. The van der Waals surface area contributed by atoms with Crippen LogP contribution in [-0.2, 0) is 4.79 Å². The second kappa shape index (κ2) is 4.69. The van der Waals surface area contributed by atoms with Crippen LogP contribution in [-0.4, -0.2) is 40.8 Å². The monoisotopic (exact) mass is 248 g/mol. The average Bonchev–Trinajstić information content (AvgIpc) is 3.06. The van der Waals surface area contributed by atoms with Crippen molar-refractivity contribution in [2.45, 2.75) is 44.3 Å². The van der Waals surface area contributed by atoms with Crippen LogP contribution < -0.4 is 11.1 Å². The number of urea groups is 1. The number of aliphatic imine (C=N–C) groups is 1. The summed E-state index contributed by atoms with van der Waals surface area (Å²) in [5.74, 6) is 2.50. The van der Waals surface area contributed by atoms with E-state index in [9.17, 15) is 9.59 Å². The summed E-state index contributed by atoms with van der Waals surface area (Å²) >= 11 is 0. The van der Waals surface area contributed by atoms with Crippen LogP contribution in [0.5, 0.6) is 0 Å². The first kappa shape index (κ1) is 12.4. The van der Waals surface area contributed by atoms with Crippen LogP contribution in [0.15, 0.2) is 4.99 Å². The Kier molecular flexibility index (Phi) is 3.24. The van der Waals surface area contributed by atoms with Crippen molar-refractivity contribution in [3.8, 4) is 12.3 Å². The summed E-state index contributed by atoms with van der Waals surface area (Å²) in [6.45, 7) is 1.71. The summed E-state index contributed by atoms with van der Waals surface area (Å²) in [5, 5.41) is 2.85. The third-order valence-electron chi connectivity index (χ3n) is 3.10. The van der Waals surface area contributed by atoms with Crippen molar-refractivity contribution in [2.24, 2.45) is 10.7 Å². The van der Waals surface area contributed by atoms with Gasteiger partial charge >= 0.3 is 6.03 Å². The highest BCUT2D eigenvalue weighted by molar-refractivity contribution is 6.04. The van der Waals surface area contributed by atoms with Crippen molar-refractivity contribution in [1.82, 2.24) is 10.2 Å². The maximum atomic E-state index is 11.7. The van der Waals surface area contributed by atoms with Gasteiger partial charge in [-0.25, -0.2) is 4.79 Å². The number of rotatable bonds is 4. The molecule has 0 aromatic heterocycles. The van der Waals surface area contributed by atoms with Gasteiger partial charge in [-0.1, -0.05) is 5.92 Å². The maximum Gasteiger partial charge on any atom is 0.346 e. The molecule has 1 aliphatic heterocycles. The predicted octanol–water partition coefficient (Wildman–Crippen LogP) is -0.162. The first-order valence-electron chi connectivity index (χ1n) is 5.94. The van der Waals surface area contributed by atoms with E-state index in [-0.39, 0.29) is 24.2 Å². The van der Waals surface area contributed by atoms with Gasteiger partial charge < -0.3 is 11.1 Å². The summed E-state index contributed by atoms with van der Waals surface area (Å²) in [6.07, 6.45) is 7.46. The lowest BCUT2D eigenvalue weighted by atomic mass is 10.1. The molecule has 2 rings (SSSR count). The van der Waals surface area contributed by atoms with Crippen molar-refractivity contribution in [3.05, 3.63) is 0 Å². The van der Waals surface area contributed by atoms with E-state index < -0.39 is 18.1 Å². The highest BCUT2D eigenvalue weighted by Gasteiger charge is 2.38. The zero-order valence-electron chi connectivity index (χ0n) is 10.2. The summed E-state index contributed by atoms with van der Waals surface area (Å²) < 4.78 is 0. The van der Waals surface area contributed by atoms with Crippen LogP contribution in [0, 0.1) is 12.3 Å². The molecule has 3 N–H and O–H groups in total. The molecule has 0 radical (unpaired) electrons. The van der Waals surface area contributed by atoms with Crippen molar-refractivity contribution in [1.29, 1.82) is 0 Å². The maximum absolute atomic E-state index is 11.7. The molecule has 1 heterocycles. The number of nitrogens with two attached hydrogens (primary N) is 1. The molecular weight excluding hydrogens is 232 g/mol. The Morgan fingerprint density at radius 2 is 2.39 bits per heavy atom. The number of terminal acetylenes is 1. The Bertz CT molecular complexity index is 447. The van der Waals surface area contributed by atoms with Gasteiger partial charge in [-0.3, -0.25) is 9.69 Å². The molecule has 0 bridgehead atoms. The summed E-state index contributed by atoms with van der Waals surface area (Å²) in [5.41, 5.74) is 5.69. The molecule has 2 atom stereocenters. The normalized spacial score (nSPS) is 24.4. The van der Waals surface area contributed by atoms with Crippen molar-refractivity contribution in [2.75, 3.05) is 0 Å². The van der Waals surface area contributed by atoms with Crippen LogP contribution >= 0.6 is 0 Å². The SMILES string of the molecule is C#CC(C)N1C(=O)N=C(N)C1CC(=O)NC1CC1. The molecule has 0 aromatic rings. The highest BCUT2D eigenvalue weighted by Crippen LogP contribution is 2.21. The molecular formula is C12H16N4O2. The minimum Gasteiger partial charge on any atom is -0.385 e. The van der Waals surface area contributed by atoms with Gasteiger partial charge in [0.05, 0.1) is 12.5 Å². The first-order valence-corrected chi connectivity index (χ1v) is 5.94. The standard InChI is InChI=1S/C12H16N4O2/c1-3-7(2)16-9(11(13)15-12(16)18)6-10(17)14-8-4-5-8/h1,7-9H,4-6H2,2H3,(H,14,17)(H2,13,15,18). The van der Waals surface area contributed by atoms with E-state index in [1.807, 2.05) is 0 Å². The van der Waals surface area contributed by atoms with E-state index >= 15 is 0 Å². The number of nitrogens with one attached hydrogen (secondary N) is 1. The second-order valence-corrected chi connectivity index (χ2v) is 4.63. The Morgan fingerprint density at radius 3 is 2.94 bits per heavy atom. The Morgan fingerprint density at radius 1 is 1.72 bits per heavy atom. The van der Waals surface area contributed by atoms with Gasteiger partial charge in [0.1, 0.15) is 11.9 Å². The van der Waals surface area contributed by atoms with Gasteiger partial charge in [-0.2, -0.15) is 4.99 Å². The molecule has 1 aliphatic carbocycles. The van der Waals surface area contributed by atoms with Gasteiger partial charge in [-0.05, 0) is 19.8 Å². The van der Waals surface area contributed by atoms with E-state index in [4.69, 9.17) is 12.2 Å². The van der Waals surface area contributed by atoms with Crippen LogP contribution in [0.3, 0.4) is 0 Å². The molecule has 2 aliphatic rings. The van der Waals surface area contributed by atoms with Gasteiger partial charge in [0.15, 0.2) is 0 Å². The lowest BCUT2D eigenvalue weighted by Crippen LogP contribution is -2.47. The molecule has 18 heavy (non-hydrogen) atoms. The number of hydrogen-bond donors (Lipinski definition) is 2. The zero-order chi connectivity index (χ0) is 13.3. The Balaban J connectivity index is 2.03. The number of carbonyl (C=O) groups excluding carboxylic acids is 2. The predicted molar refractivity (Wildman–Crippen MR) is 66.7 cm³/mol. The van der Waals surface area contributed by atoms with E-state index in [0.717, 1.165) is 12.8 Å². The molecule has 6 nitrogen and oxygen atoms in total. The van der Waals surface area contributed by atoms with Crippen molar-refractivity contribution in [3.63, 3.8) is 0 Å². The van der Waals surface area contributed by atoms with Crippen LogP contribution in [0.1, 0.15) is 26.2 Å². The molecule has 1 saturated carbocycles. The number of hydrogen-bond acceptors (Lipinski definition) is 3. The lowest BCUT2D eigenvalue weighted by Gasteiger charge is -2.26. The van der Waals surface area contributed by atoms with Gasteiger partial charge in [0, 0.05) is 6.04 Å². The third kappa shape index (κ3) is 2.45. The Labute approximate surface area is 106 Å². The van der Waals surface area contributed by atoms with Gasteiger partial charge in [0.25, 0.3) is 0 Å². The molecule has 3 amide bonds. The van der Waals surface area contributed by atoms with Crippen molar-refractivity contribution >= 4 is 17.8 Å². The number of amides is 3. The van der Waals surface area contributed by atoms with E-state index in [2.05, 4.69) is 16.2 Å². The molecule has 1 fully saturated rings. The van der Waals surface area contributed by atoms with Crippen LogP contribution in [0.2, 0.25) is 0 Å². The molecule has 0 saturated heterocycles. The fourth-order valence-electron chi connectivity index (χ4n) is 1.93. The van der Waals surface area contributed by atoms with Crippen LogP contribution in [0.25, 0.3) is 0 Å². The lowest BCUT2D eigenvalue weighted by molar-refractivity contribution is -0.121. The summed E-state index contributed by atoms with van der Waals surface area (Å²) in [7, 11) is 0. The fraction of sp³-hybridized carbons (Fsp3) is 0.583. The molecule has 2 unspecified atom stereocenters. The third-order valence-corrected chi connectivity index (χ3v) is 3.10. The van der Waals surface area contributed by atoms with E-state index in [0.29, 0.717) is 0 Å². The van der Waals surface area contributed by atoms with Gasteiger partial charge in [0.2, 0.25) is 5.91 Å². The topological polar surface area (TPSA) is 87.8 Å². The zero-order valence-corrected chi connectivity index (χ0v) is 10.2. The largest absolute Gasteiger partial charge is 0.385 e. The quantitative estimate of drug-likeness (QED) is 0.677. The first-order chi connectivity index (χ1) is 8.52. The molecule has 0 aromatic carbocycles. The van der Waals surface area contributed by atoms with Crippen molar-refractivity contribution < 1.29 is 9.59 Å². The second-order valence-electron chi connectivity index (χ2n) is 4.63. The Hall–Kier alpha value is -2.03. The average molecular weight is 248 g/mol. The minimum absolute atomic E-state index is 0.115. The van der Waals surface area contributed by atoms with E-state index in [1.165, 1.54) is 4.90 Å². The summed E-state index contributed by atoms with van der Waals surface area (Å²) in [6, 6.07) is -1.14. The summed E-state index contributed by atoms with van der Waals surface area (Å²) in [4.78, 5) is 28.4. The molecule has 0 spiro atoms. The van der Waals surface area contributed by atoms with Gasteiger partial charge in [-0.15, -0.1) is 6.42 Å². The smallest absolute Gasteiger partial charge is 0.346 e. The fourth-order valence-corrected chi connectivity index (χ4v) is 1.93. The number of carbonyl (C=O) groups is 2. The highest BCUT2D eigenvalue weighted by atomic mass is 16.2. The number of nitrogens with zero attached hydrogens (tertiary/aromatic N) is 2. The molecule has 6 heteroatoms. The molecule has 96 valence electrons. The van der Waals surface area contributed by atoms with E-state index in [1.54, 1.807) is 6.92 Å². The number of amidine groups is 1. The van der Waals surface area contributed by atoms with Crippen LogP contribution in [0.4, 0.5) is 4.79 Å².